The van der Waals surface area contributed by atoms with Gasteiger partial charge in [0.2, 0.25) is 5.88 Å². The molecule has 2 aromatic rings. The highest BCUT2D eigenvalue weighted by molar-refractivity contribution is 7.89. The number of benzene rings is 1. The first-order valence-electron chi connectivity index (χ1n) is 6.66. The molecule has 1 aromatic carbocycles. The minimum Gasteiger partial charge on any atom is -0.593 e. The van der Waals surface area contributed by atoms with Crippen LogP contribution >= 0.6 is 23.2 Å². The molecule has 0 aliphatic heterocycles. The minimum atomic E-state index is -1.45. The molecule has 0 saturated carbocycles. The van der Waals surface area contributed by atoms with E-state index in [1.54, 1.807) is 18.3 Å². The SMILES string of the molecule is COc1ncc(COc2ccc(C(=O)N[S+](C)[O-])cc2Cl)cc1Cl. The van der Waals surface area contributed by atoms with Gasteiger partial charge in [-0.2, -0.15) is 4.72 Å². The Labute approximate surface area is 152 Å². The van der Waals surface area contributed by atoms with Crippen molar-refractivity contribution in [3.8, 4) is 11.6 Å². The van der Waals surface area contributed by atoms with Crippen LogP contribution in [0.25, 0.3) is 0 Å². The van der Waals surface area contributed by atoms with Crippen LogP contribution in [0.1, 0.15) is 15.9 Å². The number of methoxy groups -OCH3 is 1. The zero-order chi connectivity index (χ0) is 17.7. The molecule has 24 heavy (non-hydrogen) atoms. The summed E-state index contributed by atoms with van der Waals surface area (Å²) in [5.41, 5.74) is 1.02. The minimum absolute atomic E-state index is 0.195. The van der Waals surface area contributed by atoms with E-state index in [1.165, 1.54) is 25.5 Å². The number of halogens is 2. The number of nitrogens with zero attached hydrogens (tertiary/aromatic N) is 1. The van der Waals surface area contributed by atoms with E-state index in [1.807, 2.05) is 0 Å². The highest BCUT2D eigenvalue weighted by atomic mass is 35.5. The molecule has 9 heteroatoms. The molecule has 0 radical (unpaired) electrons. The van der Waals surface area contributed by atoms with Crippen LogP contribution in [0.4, 0.5) is 0 Å². The Morgan fingerprint density at radius 3 is 2.67 bits per heavy atom. The molecule has 0 bridgehead atoms. The molecule has 128 valence electrons. The maximum atomic E-state index is 11.8. The Kier molecular flexibility index (Phi) is 6.56. The molecule has 1 atom stereocenters. The number of aromatic nitrogens is 1. The molecule has 1 aromatic heterocycles. The summed E-state index contributed by atoms with van der Waals surface area (Å²) in [6, 6.07) is 6.22. The zero-order valence-corrected chi connectivity index (χ0v) is 15.2. The number of rotatable bonds is 6. The lowest BCUT2D eigenvalue weighted by Gasteiger charge is -2.11. The van der Waals surface area contributed by atoms with Gasteiger partial charge in [0.15, 0.2) is 0 Å². The van der Waals surface area contributed by atoms with Crippen LogP contribution < -0.4 is 14.2 Å². The predicted octanol–water partition coefficient (Wildman–Crippen LogP) is 3.00. The Morgan fingerprint density at radius 1 is 1.33 bits per heavy atom. The third-order valence-corrected chi connectivity index (χ3v) is 3.92. The van der Waals surface area contributed by atoms with Gasteiger partial charge in [0, 0.05) is 17.3 Å². The van der Waals surface area contributed by atoms with Crippen molar-refractivity contribution in [3.63, 3.8) is 0 Å². The highest BCUT2D eigenvalue weighted by Crippen LogP contribution is 2.27. The fraction of sp³-hybridized carbons (Fsp3) is 0.200. The van der Waals surface area contributed by atoms with Crippen LogP contribution in [0.3, 0.4) is 0 Å². The number of nitrogens with one attached hydrogen (secondary N) is 1. The van der Waals surface area contributed by atoms with E-state index < -0.39 is 17.3 Å². The molecule has 1 amide bonds. The summed E-state index contributed by atoms with van der Waals surface area (Å²) in [5, 5.41) is 0.640. The average Bonchev–Trinajstić information content (AvgIpc) is 2.53. The first-order chi connectivity index (χ1) is 11.4. The van der Waals surface area contributed by atoms with E-state index in [-0.39, 0.29) is 17.2 Å². The average molecular weight is 389 g/mol. The number of carbonyl (C=O) groups excluding carboxylic acids is 1. The summed E-state index contributed by atoms with van der Waals surface area (Å²) in [4.78, 5) is 15.8. The van der Waals surface area contributed by atoms with E-state index in [9.17, 15) is 9.35 Å². The Morgan fingerprint density at radius 2 is 2.08 bits per heavy atom. The fourth-order valence-electron chi connectivity index (χ4n) is 1.80. The molecule has 2 rings (SSSR count). The fourth-order valence-corrected chi connectivity index (χ4v) is 2.68. The van der Waals surface area contributed by atoms with Crippen molar-refractivity contribution in [2.24, 2.45) is 0 Å². The van der Waals surface area contributed by atoms with Crippen molar-refractivity contribution >= 4 is 40.5 Å². The third kappa shape index (κ3) is 4.91. The van der Waals surface area contributed by atoms with E-state index in [2.05, 4.69) is 9.71 Å². The number of pyridine rings is 1. The molecular formula is C15H14Cl2N2O4S. The van der Waals surface area contributed by atoms with Crippen molar-refractivity contribution in [1.29, 1.82) is 0 Å². The summed E-state index contributed by atoms with van der Waals surface area (Å²) in [5.74, 6) is 0.260. The molecule has 0 aliphatic rings. The van der Waals surface area contributed by atoms with Crippen molar-refractivity contribution in [2.45, 2.75) is 6.61 Å². The second-order valence-electron chi connectivity index (χ2n) is 4.65. The van der Waals surface area contributed by atoms with Gasteiger partial charge < -0.3 is 14.0 Å². The molecule has 0 saturated heterocycles. The van der Waals surface area contributed by atoms with Gasteiger partial charge in [-0.1, -0.05) is 23.2 Å². The number of hydrogen-bond donors (Lipinski definition) is 1. The summed E-state index contributed by atoms with van der Waals surface area (Å²) in [7, 11) is 1.48. The Balaban J connectivity index is 2.05. The van der Waals surface area contributed by atoms with E-state index in [4.69, 9.17) is 32.7 Å². The van der Waals surface area contributed by atoms with Crippen molar-refractivity contribution in [3.05, 3.63) is 51.6 Å². The molecule has 1 heterocycles. The third-order valence-electron chi connectivity index (χ3n) is 2.88. The normalized spacial score (nSPS) is 11.7. The van der Waals surface area contributed by atoms with Crippen LogP contribution in [0.2, 0.25) is 10.0 Å². The smallest absolute Gasteiger partial charge is 0.292 e. The lowest BCUT2D eigenvalue weighted by atomic mass is 10.2. The number of amides is 1. The molecule has 6 nitrogen and oxygen atoms in total. The van der Waals surface area contributed by atoms with Gasteiger partial charge in [-0.15, -0.1) is 0 Å². The number of ether oxygens (including phenoxy) is 2. The molecule has 0 spiro atoms. The van der Waals surface area contributed by atoms with Crippen molar-refractivity contribution in [2.75, 3.05) is 13.4 Å². The van der Waals surface area contributed by atoms with Gasteiger partial charge in [-0.05, 0) is 24.3 Å². The molecule has 1 N–H and O–H groups in total. The zero-order valence-electron chi connectivity index (χ0n) is 12.8. The molecule has 0 aliphatic carbocycles. The summed E-state index contributed by atoms with van der Waals surface area (Å²) >= 11 is 10.7. The largest absolute Gasteiger partial charge is 0.593 e. The van der Waals surface area contributed by atoms with Crippen molar-refractivity contribution in [1.82, 2.24) is 9.71 Å². The van der Waals surface area contributed by atoms with Gasteiger partial charge in [-0.25, -0.2) is 4.98 Å². The van der Waals surface area contributed by atoms with E-state index in [0.717, 1.165) is 5.56 Å². The standard InChI is InChI=1S/C15H14Cl2N2O4S/c1-22-15-12(17)5-9(7-18-15)8-23-13-4-3-10(6-11(13)16)14(20)19-24(2)21/h3-7H,8H2,1-2H3,(H,19,20). The van der Waals surface area contributed by atoms with E-state index in [0.29, 0.717) is 16.7 Å². The van der Waals surface area contributed by atoms with Gasteiger partial charge >= 0.3 is 0 Å². The second kappa shape index (κ2) is 8.43. The second-order valence-corrected chi connectivity index (χ2v) is 6.58. The van der Waals surface area contributed by atoms with Gasteiger partial charge in [0.1, 0.15) is 23.6 Å². The van der Waals surface area contributed by atoms with Crippen LogP contribution in [0, 0.1) is 0 Å². The maximum Gasteiger partial charge on any atom is 0.292 e. The summed E-state index contributed by atoms with van der Waals surface area (Å²) < 4.78 is 23.9. The topological polar surface area (TPSA) is 83.5 Å². The summed E-state index contributed by atoms with van der Waals surface area (Å²) in [6.45, 7) is 0.195. The first-order valence-corrected chi connectivity index (χ1v) is 8.97. The Hall–Kier alpha value is -1.67. The van der Waals surface area contributed by atoms with Crippen LogP contribution in [-0.2, 0) is 18.0 Å². The highest BCUT2D eigenvalue weighted by Gasteiger charge is 2.13. The van der Waals surface area contributed by atoms with E-state index >= 15 is 0 Å². The number of carbonyl (C=O) groups is 1. The lowest BCUT2D eigenvalue weighted by Crippen LogP contribution is -2.29. The first kappa shape index (κ1) is 18.7. The number of hydrogen-bond acceptors (Lipinski definition) is 5. The molecule has 0 fully saturated rings. The predicted molar refractivity (Wildman–Crippen MR) is 93.1 cm³/mol. The van der Waals surface area contributed by atoms with Gasteiger partial charge in [0.05, 0.1) is 23.5 Å². The van der Waals surface area contributed by atoms with Crippen LogP contribution in [0.15, 0.2) is 30.5 Å². The van der Waals surface area contributed by atoms with Gasteiger partial charge in [0.25, 0.3) is 5.91 Å². The quantitative estimate of drug-likeness (QED) is 0.768. The summed E-state index contributed by atoms with van der Waals surface area (Å²) in [6.07, 6.45) is 2.95. The van der Waals surface area contributed by atoms with Crippen molar-refractivity contribution < 1.29 is 18.8 Å². The van der Waals surface area contributed by atoms with Crippen LogP contribution in [0.5, 0.6) is 11.6 Å². The lowest BCUT2D eigenvalue weighted by molar-refractivity contribution is 0.0981. The van der Waals surface area contributed by atoms with Gasteiger partial charge in [-0.3, -0.25) is 4.79 Å². The molecular weight excluding hydrogens is 375 g/mol. The Bertz CT molecular complexity index is 743. The monoisotopic (exact) mass is 388 g/mol. The molecule has 1 unspecified atom stereocenters. The van der Waals surface area contributed by atoms with Crippen LogP contribution in [-0.4, -0.2) is 28.8 Å². The maximum absolute atomic E-state index is 11.8.